The monoisotopic (exact) mass is 395 g/mol. The molecule has 0 bridgehead atoms. The molecule has 0 amide bonds. The van der Waals surface area contributed by atoms with Crippen molar-refractivity contribution in [2.45, 2.75) is 42.2 Å². The molecular formula is C18H18ClNO3S2. The Labute approximate surface area is 155 Å². The predicted molar refractivity (Wildman–Crippen MR) is 102 cm³/mol. The Morgan fingerprint density at radius 3 is 2.44 bits per heavy atom. The zero-order valence-electron chi connectivity index (χ0n) is 14.3. The molecule has 0 aliphatic heterocycles. The number of rotatable bonds is 3. The van der Waals surface area contributed by atoms with Crippen molar-refractivity contribution in [3.05, 3.63) is 45.9 Å². The summed E-state index contributed by atoms with van der Waals surface area (Å²) in [5.41, 5.74) is 1.27. The molecule has 0 fully saturated rings. The van der Waals surface area contributed by atoms with E-state index in [1.54, 1.807) is 23.6 Å². The second kappa shape index (κ2) is 5.97. The summed E-state index contributed by atoms with van der Waals surface area (Å²) < 4.78 is 26.3. The molecule has 0 saturated carbocycles. The van der Waals surface area contributed by atoms with Crippen LogP contribution in [0.4, 0.5) is 0 Å². The average molecular weight is 396 g/mol. The Kier molecular flexibility index (Phi) is 4.34. The van der Waals surface area contributed by atoms with Crippen molar-refractivity contribution in [1.82, 2.24) is 4.98 Å². The summed E-state index contributed by atoms with van der Waals surface area (Å²) in [6.45, 7) is 7.39. The maximum Gasteiger partial charge on any atom is 0.218 e. The number of hydrogen-bond donors (Lipinski definition) is 1. The molecule has 0 radical (unpaired) electrons. The van der Waals surface area contributed by atoms with E-state index >= 15 is 0 Å². The van der Waals surface area contributed by atoms with Crippen LogP contribution in [-0.4, -0.2) is 19.2 Å². The van der Waals surface area contributed by atoms with Crippen LogP contribution in [0.3, 0.4) is 0 Å². The fraction of sp³-hybridized carbons (Fsp3) is 0.278. The van der Waals surface area contributed by atoms with Gasteiger partial charge in [0.1, 0.15) is 4.21 Å². The summed E-state index contributed by atoms with van der Waals surface area (Å²) in [5, 5.41) is 2.54. The molecule has 132 valence electrons. The van der Waals surface area contributed by atoms with Gasteiger partial charge in [-0.1, -0.05) is 38.4 Å². The minimum absolute atomic E-state index is 0.0930. The molecule has 3 aromatic rings. The van der Waals surface area contributed by atoms with Crippen molar-refractivity contribution in [2.24, 2.45) is 0 Å². The molecule has 7 heteroatoms. The molecular weight excluding hydrogens is 378 g/mol. The number of sulfone groups is 1. The number of carbonyl (C=O) groups excluding carboxylic acids is 1. The van der Waals surface area contributed by atoms with Gasteiger partial charge in [0.2, 0.25) is 9.84 Å². The average Bonchev–Trinajstić information content (AvgIpc) is 3.12. The molecule has 2 aromatic heterocycles. The lowest BCUT2D eigenvalue weighted by Crippen LogP contribution is -2.15. The lowest BCUT2D eigenvalue weighted by atomic mass is 9.88. The fourth-order valence-corrected chi connectivity index (χ4v) is 5.76. The second-order valence-electron chi connectivity index (χ2n) is 6.94. The number of carbonyl (C=O) groups is 1. The van der Waals surface area contributed by atoms with Gasteiger partial charge in [-0.3, -0.25) is 4.79 Å². The van der Waals surface area contributed by atoms with E-state index in [9.17, 15) is 13.2 Å². The van der Waals surface area contributed by atoms with Gasteiger partial charge in [-0.05, 0) is 30.5 Å². The molecule has 0 aliphatic rings. The number of fused-ring (bicyclic) bond motifs is 1. The summed E-state index contributed by atoms with van der Waals surface area (Å²) in [5.74, 6) is -0.127. The Bertz CT molecular complexity index is 1070. The smallest absolute Gasteiger partial charge is 0.218 e. The van der Waals surface area contributed by atoms with Crippen LogP contribution in [0.15, 0.2) is 38.8 Å². The van der Waals surface area contributed by atoms with Gasteiger partial charge in [0.15, 0.2) is 5.78 Å². The quantitative estimate of drug-likeness (QED) is 0.618. The Balaban J connectivity index is 2.45. The highest BCUT2D eigenvalue weighted by Gasteiger charge is 2.30. The van der Waals surface area contributed by atoms with E-state index in [1.165, 1.54) is 13.0 Å². The van der Waals surface area contributed by atoms with Crippen LogP contribution in [0.2, 0.25) is 5.02 Å². The highest BCUT2D eigenvalue weighted by atomic mass is 35.5. The molecule has 0 atom stereocenters. The zero-order valence-corrected chi connectivity index (χ0v) is 16.7. The molecule has 0 unspecified atom stereocenters. The molecule has 0 saturated heterocycles. The van der Waals surface area contributed by atoms with Crippen LogP contribution < -0.4 is 0 Å². The third-order valence-electron chi connectivity index (χ3n) is 3.99. The van der Waals surface area contributed by atoms with Gasteiger partial charge in [-0.15, -0.1) is 11.3 Å². The maximum absolute atomic E-state index is 13.0. The zero-order chi connectivity index (χ0) is 18.6. The fourth-order valence-electron chi connectivity index (χ4n) is 2.90. The molecule has 3 rings (SSSR count). The molecule has 1 N–H and O–H groups in total. The van der Waals surface area contributed by atoms with Gasteiger partial charge in [-0.2, -0.15) is 0 Å². The van der Waals surface area contributed by atoms with E-state index in [2.05, 4.69) is 4.98 Å². The van der Waals surface area contributed by atoms with Crippen LogP contribution >= 0.6 is 22.9 Å². The van der Waals surface area contributed by atoms with Gasteiger partial charge < -0.3 is 4.98 Å². The van der Waals surface area contributed by atoms with Crippen molar-refractivity contribution < 1.29 is 13.2 Å². The van der Waals surface area contributed by atoms with Crippen LogP contribution in [0.25, 0.3) is 10.9 Å². The van der Waals surface area contributed by atoms with Gasteiger partial charge in [0, 0.05) is 27.1 Å². The van der Waals surface area contributed by atoms with Gasteiger partial charge >= 0.3 is 0 Å². The summed E-state index contributed by atoms with van der Waals surface area (Å²) in [6.07, 6.45) is 0. The van der Waals surface area contributed by atoms with Gasteiger partial charge in [-0.25, -0.2) is 8.42 Å². The summed E-state index contributed by atoms with van der Waals surface area (Å²) >= 11 is 7.36. The standard InChI is InChI=1S/C18H18ClNO3S2/c1-10(21)15-12-8-11(19)9-13(16(12)20-17(15)18(2,3)4)25(22,23)14-6-5-7-24-14/h5-9,20H,1-4H3. The minimum Gasteiger partial charge on any atom is -0.356 e. The summed E-state index contributed by atoms with van der Waals surface area (Å²) in [4.78, 5) is 15.6. The van der Waals surface area contributed by atoms with E-state index in [0.717, 1.165) is 11.3 Å². The van der Waals surface area contributed by atoms with E-state index < -0.39 is 9.84 Å². The number of ketones is 1. The Morgan fingerprint density at radius 1 is 1.24 bits per heavy atom. The molecule has 1 aromatic carbocycles. The molecule has 2 heterocycles. The van der Waals surface area contributed by atoms with Crippen molar-refractivity contribution in [1.29, 1.82) is 0 Å². The van der Waals surface area contributed by atoms with Crippen LogP contribution in [0.5, 0.6) is 0 Å². The van der Waals surface area contributed by atoms with Crippen LogP contribution in [-0.2, 0) is 15.3 Å². The topological polar surface area (TPSA) is 67.0 Å². The highest BCUT2D eigenvalue weighted by molar-refractivity contribution is 7.93. The van der Waals surface area contributed by atoms with Crippen LogP contribution in [0.1, 0.15) is 43.7 Å². The number of hydrogen-bond acceptors (Lipinski definition) is 4. The van der Waals surface area contributed by atoms with Crippen molar-refractivity contribution in [3.63, 3.8) is 0 Å². The predicted octanol–water partition coefficient (Wildman–Crippen LogP) is 5.22. The normalized spacial score (nSPS) is 12.7. The van der Waals surface area contributed by atoms with Crippen molar-refractivity contribution in [2.75, 3.05) is 0 Å². The number of aromatic nitrogens is 1. The first-order valence-electron chi connectivity index (χ1n) is 7.68. The molecule has 25 heavy (non-hydrogen) atoms. The number of aromatic amines is 1. The number of Topliss-reactive ketones (excluding diaryl/α,β-unsaturated/α-hetero) is 1. The highest BCUT2D eigenvalue weighted by Crippen LogP contribution is 2.38. The van der Waals surface area contributed by atoms with Gasteiger partial charge in [0.25, 0.3) is 0 Å². The third-order valence-corrected chi connectivity index (χ3v) is 7.38. The Hall–Kier alpha value is -1.63. The number of halogens is 1. The SMILES string of the molecule is CC(=O)c1c(C(C)(C)C)[nH]c2c(S(=O)(=O)c3cccs3)cc(Cl)cc12. The lowest BCUT2D eigenvalue weighted by Gasteiger charge is -2.18. The molecule has 0 spiro atoms. The minimum atomic E-state index is -3.73. The van der Waals surface area contributed by atoms with Gasteiger partial charge in [0.05, 0.1) is 10.4 Å². The first kappa shape index (κ1) is 18.2. The number of benzene rings is 1. The number of H-pyrrole nitrogens is 1. The Morgan fingerprint density at radius 2 is 1.92 bits per heavy atom. The maximum atomic E-state index is 13.0. The van der Waals surface area contributed by atoms with E-state index in [-0.39, 0.29) is 25.3 Å². The van der Waals surface area contributed by atoms with E-state index in [0.29, 0.717) is 22.2 Å². The van der Waals surface area contributed by atoms with E-state index in [4.69, 9.17) is 11.6 Å². The van der Waals surface area contributed by atoms with Crippen molar-refractivity contribution >= 4 is 49.5 Å². The largest absolute Gasteiger partial charge is 0.356 e. The molecule has 4 nitrogen and oxygen atoms in total. The first-order chi connectivity index (χ1) is 11.5. The summed E-state index contributed by atoms with van der Waals surface area (Å²) in [6, 6.07) is 6.33. The second-order valence-corrected chi connectivity index (χ2v) is 10.5. The van der Waals surface area contributed by atoms with Crippen molar-refractivity contribution in [3.8, 4) is 0 Å². The summed E-state index contributed by atoms with van der Waals surface area (Å²) in [7, 11) is -3.73. The third kappa shape index (κ3) is 3.03. The van der Waals surface area contributed by atoms with Crippen LogP contribution in [0, 0.1) is 0 Å². The van der Waals surface area contributed by atoms with E-state index in [1.807, 2.05) is 20.8 Å². The lowest BCUT2D eigenvalue weighted by molar-refractivity contribution is 0.101. The first-order valence-corrected chi connectivity index (χ1v) is 10.4. The molecule has 0 aliphatic carbocycles. The number of thiophene rings is 1. The number of nitrogens with one attached hydrogen (secondary N) is 1.